The Balaban J connectivity index is 1.65. The molecule has 3 rings (SSSR count). The van der Waals surface area contributed by atoms with E-state index in [1.165, 1.54) is 47.6 Å². The van der Waals surface area contributed by atoms with Gasteiger partial charge in [-0.2, -0.15) is 4.31 Å². The van der Waals surface area contributed by atoms with E-state index >= 15 is 0 Å². The molecule has 1 fully saturated rings. The Morgan fingerprint density at radius 2 is 1.81 bits per heavy atom. The van der Waals surface area contributed by atoms with Crippen LogP contribution in [0.4, 0.5) is 5.69 Å². The van der Waals surface area contributed by atoms with Gasteiger partial charge in [0.2, 0.25) is 10.0 Å². The summed E-state index contributed by atoms with van der Waals surface area (Å²) in [5, 5.41) is 3.24. The number of esters is 1. The average molecular weight is 499 g/mol. The van der Waals surface area contributed by atoms with E-state index in [1.54, 1.807) is 6.07 Å². The number of carbonyl (C=O) groups excluding carboxylic acids is 2. The highest BCUT2D eigenvalue weighted by Crippen LogP contribution is 2.27. The van der Waals surface area contributed by atoms with Crippen molar-refractivity contribution in [2.45, 2.75) is 50.2 Å². The van der Waals surface area contributed by atoms with E-state index in [1.807, 2.05) is 6.92 Å². The van der Waals surface area contributed by atoms with Gasteiger partial charge in [0, 0.05) is 17.6 Å². The Kier molecular flexibility index (Phi) is 7.82. The van der Waals surface area contributed by atoms with Gasteiger partial charge in [0.05, 0.1) is 21.2 Å². The molecule has 1 N–H and O–H groups in total. The summed E-state index contributed by atoms with van der Waals surface area (Å²) in [5.41, 5.74) is 0.435. The average Bonchev–Trinajstić information content (AvgIpc) is 2.76. The molecular formula is C22H24Cl2N2O5S. The number of nitrogens with one attached hydrogen (secondary N) is 1. The molecule has 1 heterocycles. The summed E-state index contributed by atoms with van der Waals surface area (Å²) in [6.07, 6.45) is 1.54. The first-order chi connectivity index (χ1) is 15.1. The summed E-state index contributed by atoms with van der Waals surface area (Å²) in [7, 11) is -3.64. The summed E-state index contributed by atoms with van der Waals surface area (Å²) < 4.78 is 32.5. The zero-order chi connectivity index (χ0) is 23.5. The topological polar surface area (TPSA) is 92.8 Å². The molecule has 1 aliphatic heterocycles. The second-order valence-electron chi connectivity index (χ2n) is 7.65. The molecule has 2 unspecified atom stereocenters. The quantitative estimate of drug-likeness (QED) is 0.580. The molecule has 2 aromatic rings. The number of piperidine rings is 1. The minimum absolute atomic E-state index is 0.0641. The second kappa shape index (κ2) is 10.2. The minimum Gasteiger partial charge on any atom is -0.449 e. The largest absolute Gasteiger partial charge is 0.449 e. The smallest absolute Gasteiger partial charge is 0.338 e. The predicted molar refractivity (Wildman–Crippen MR) is 124 cm³/mol. The fourth-order valence-corrected chi connectivity index (χ4v) is 5.47. The first kappa shape index (κ1) is 24.5. The Labute approximate surface area is 197 Å². The molecule has 1 aliphatic rings. The fourth-order valence-electron chi connectivity index (χ4n) is 3.44. The highest BCUT2D eigenvalue weighted by Gasteiger charge is 2.31. The van der Waals surface area contributed by atoms with Crippen molar-refractivity contribution in [3.8, 4) is 0 Å². The maximum absolute atomic E-state index is 12.9. The van der Waals surface area contributed by atoms with Crippen LogP contribution in [0, 0.1) is 0 Å². The van der Waals surface area contributed by atoms with Gasteiger partial charge in [-0.25, -0.2) is 13.2 Å². The number of rotatable bonds is 6. The lowest BCUT2D eigenvalue weighted by molar-refractivity contribution is -0.123. The molecular weight excluding hydrogens is 475 g/mol. The van der Waals surface area contributed by atoms with Crippen molar-refractivity contribution in [1.29, 1.82) is 0 Å². The summed E-state index contributed by atoms with van der Waals surface area (Å²) in [5.74, 6) is -1.33. The number of anilines is 1. The Morgan fingerprint density at radius 3 is 2.47 bits per heavy atom. The highest BCUT2D eigenvalue weighted by atomic mass is 35.5. The Hall–Kier alpha value is -2.13. The second-order valence-corrected chi connectivity index (χ2v) is 10.4. The van der Waals surface area contributed by atoms with Crippen molar-refractivity contribution in [3.05, 3.63) is 58.1 Å². The van der Waals surface area contributed by atoms with Crippen molar-refractivity contribution in [1.82, 2.24) is 4.31 Å². The SMILES string of the molecule is CC(OC(=O)c1ccc(S(=O)(=O)N2CCCCC2C)cc1)C(=O)Nc1cc(Cl)ccc1Cl. The van der Waals surface area contributed by atoms with Crippen molar-refractivity contribution < 1.29 is 22.7 Å². The summed E-state index contributed by atoms with van der Waals surface area (Å²) in [6.45, 7) is 3.80. The minimum atomic E-state index is -3.64. The maximum atomic E-state index is 12.9. The van der Waals surface area contributed by atoms with Crippen LogP contribution in [0.3, 0.4) is 0 Å². The van der Waals surface area contributed by atoms with Crippen LogP contribution < -0.4 is 5.32 Å². The third-order valence-corrected chi connectivity index (χ3v) is 7.87. The zero-order valence-corrected chi connectivity index (χ0v) is 20.0. The van der Waals surface area contributed by atoms with Gasteiger partial charge in [-0.15, -0.1) is 0 Å². The summed E-state index contributed by atoms with van der Waals surface area (Å²) in [4.78, 5) is 24.9. The predicted octanol–water partition coefficient (Wildman–Crippen LogP) is 4.74. The van der Waals surface area contributed by atoms with Gasteiger partial charge in [0.15, 0.2) is 6.10 Å². The third kappa shape index (κ3) is 5.61. The fraction of sp³-hybridized carbons (Fsp3) is 0.364. The normalized spacial score (nSPS) is 18.1. The number of ether oxygens (including phenoxy) is 1. The maximum Gasteiger partial charge on any atom is 0.338 e. The van der Waals surface area contributed by atoms with Crippen LogP contribution in [0.25, 0.3) is 0 Å². The van der Waals surface area contributed by atoms with E-state index < -0.39 is 28.0 Å². The van der Waals surface area contributed by atoms with Gasteiger partial charge in [-0.3, -0.25) is 4.79 Å². The number of sulfonamides is 1. The van der Waals surface area contributed by atoms with Gasteiger partial charge in [0.1, 0.15) is 0 Å². The van der Waals surface area contributed by atoms with Crippen LogP contribution in [0.1, 0.15) is 43.5 Å². The molecule has 172 valence electrons. The number of hydrogen-bond acceptors (Lipinski definition) is 5. The van der Waals surface area contributed by atoms with E-state index in [9.17, 15) is 18.0 Å². The number of halogens is 2. The molecule has 2 atom stereocenters. The lowest BCUT2D eigenvalue weighted by Gasteiger charge is -2.32. The molecule has 32 heavy (non-hydrogen) atoms. The van der Waals surface area contributed by atoms with Gasteiger partial charge in [0.25, 0.3) is 5.91 Å². The van der Waals surface area contributed by atoms with E-state index in [0.717, 1.165) is 19.3 Å². The van der Waals surface area contributed by atoms with Crippen LogP contribution in [-0.2, 0) is 19.6 Å². The molecule has 0 bridgehead atoms. The van der Waals surface area contributed by atoms with Crippen LogP contribution in [0.15, 0.2) is 47.4 Å². The van der Waals surface area contributed by atoms with Crippen LogP contribution in [0.2, 0.25) is 10.0 Å². The van der Waals surface area contributed by atoms with Gasteiger partial charge in [-0.05, 0) is 69.2 Å². The lowest BCUT2D eigenvalue weighted by atomic mass is 10.1. The molecule has 7 nitrogen and oxygen atoms in total. The number of hydrogen-bond donors (Lipinski definition) is 1. The third-order valence-electron chi connectivity index (χ3n) is 5.28. The molecule has 0 aromatic heterocycles. The van der Waals surface area contributed by atoms with E-state index in [4.69, 9.17) is 27.9 Å². The molecule has 10 heteroatoms. The monoisotopic (exact) mass is 498 g/mol. The molecule has 1 saturated heterocycles. The molecule has 0 radical (unpaired) electrons. The molecule has 0 aliphatic carbocycles. The molecule has 0 spiro atoms. The van der Waals surface area contributed by atoms with Crippen molar-refractivity contribution in [2.24, 2.45) is 0 Å². The number of carbonyl (C=O) groups is 2. The van der Waals surface area contributed by atoms with Crippen molar-refractivity contribution in [3.63, 3.8) is 0 Å². The summed E-state index contributed by atoms with van der Waals surface area (Å²) in [6, 6.07) is 10.1. The molecule has 0 saturated carbocycles. The first-order valence-corrected chi connectivity index (χ1v) is 12.4. The van der Waals surface area contributed by atoms with Crippen LogP contribution in [0.5, 0.6) is 0 Å². The highest BCUT2D eigenvalue weighted by molar-refractivity contribution is 7.89. The van der Waals surface area contributed by atoms with Crippen LogP contribution >= 0.6 is 23.2 Å². The number of amides is 1. The van der Waals surface area contributed by atoms with Gasteiger partial charge < -0.3 is 10.1 Å². The van der Waals surface area contributed by atoms with Crippen molar-refractivity contribution >= 4 is 50.8 Å². The Morgan fingerprint density at radius 1 is 1.12 bits per heavy atom. The van der Waals surface area contributed by atoms with Crippen LogP contribution in [-0.4, -0.2) is 43.3 Å². The van der Waals surface area contributed by atoms with E-state index in [0.29, 0.717) is 22.3 Å². The number of nitrogens with zero attached hydrogens (tertiary/aromatic N) is 1. The zero-order valence-electron chi connectivity index (χ0n) is 17.7. The lowest BCUT2D eigenvalue weighted by Crippen LogP contribution is -2.41. The van der Waals surface area contributed by atoms with E-state index in [-0.39, 0.29) is 16.5 Å². The van der Waals surface area contributed by atoms with Crippen molar-refractivity contribution in [2.75, 3.05) is 11.9 Å². The Bertz CT molecular complexity index is 1110. The summed E-state index contributed by atoms with van der Waals surface area (Å²) >= 11 is 11.9. The van der Waals surface area contributed by atoms with Gasteiger partial charge >= 0.3 is 5.97 Å². The number of benzene rings is 2. The first-order valence-electron chi connectivity index (χ1n) is 10.2. The standard InChI is InChI=1S/C22H24Cl2N2O5S/c1-14-5-3-4-12-26(14)32(29,30)18-9-6-16(7-10-18)22(28)31-15(2)21(27)25-20-13-17(23)8-11-19(20)24/h6-11,13-15H,3-5,12H2,1-2H3,(H,25,27). The molecule has 1 amide bonds. The molecule has 2 aromatic carbocycles. The van der Waals surface area contributed by atoms with E-state index in [2.05, 4.69) is 5.32 Å². The van der Waals surface area contributed by atoms with Gasteiger partial charge in [-0.1, -0.05) is 29.6 Å².